The molecular formula is C17H23N7O. The van der Waals surface area contributed by atoms with Crippen molar-refractivity contribution in [1.82, 2.24) is 30.0 Å². The third kappa shape index (κ3) is 3.62. The molecule has 8 nitrogen and oxygen atoms in total. The van der Waals surface area contributed by atoms with Gasteiger partial charge < -0.3 is 10.2 Å². The molecule has 4 rings (SSSR count). The second kappa shape index (κ2) is 7.16. The lowest BCUT2D eigenvalue weighted by molar-refractivity contribution is -0.125. The molecule has 25 heavy (non-hydrogen) atoms. The molecule has 132 valence electrons. The molecule has 2 aromatic rings. The monoisotopic (exact) mass is 341 g/mol. The quantitative estimate of drug-likeness (QED) is 0.902. The summed E-state index contributed by atoms with van der Waals surface area (Å²) < 4.78 is 1.61. The van der Waals surface area contributed by atoms with Crippen LogP contribution < -0.4 is 10.2 Å². The second-order valence-corrected chi connectivity index (χ2v) is 6.85. The number of carbonyl (C=O) groups is 1. The second-order valence-electron chi connectivity index (χ2n) is 6.85. The van der Waals surface area contributed by atoms with Gasteiger partial charge in [0.25, 0.3) is 0 Å². The van der Waals surface area contributed by atoms with E-state index in [-0.39, 0.29) is 11.8 Å². The van der Waals surface area contributed by atoms with Gasteiger partial charge in [0, 0.05) is 25.2 Å². The molecule has 0 bridgehead atoms. The van der Waals surface area contributed by atoms with Gasteiger partial charge in [-0.15, -0.1) is 0 Å². The minimum atomic E-state index is 0.0270. The molecule has 1 unspecified atom stereocenters. The predicted molar refractivity (Wildman–Crippen MR) is 92.3 cm³/mol. The number of carbonyl (C=O) groups excluding carboxylic acids is 1. The van der Waals surface area contributed by atoms with Crippen molar-refractivity contribution in [1.29, 1.82) is 0 Å². The van der Waals surface area contributed by atoms with Crippen LogP contribution in [0.5, 0.6) is 0 Å². The maximum atomic E-state index is 12.6. The standard InChI is InChI=1S/C17H23N7O/c25-17(22-14-5-1-2-6-14)13-4-3-7-23(9-13)15-8-16(20-11-19-15)24-12-18-10-21-24/h8,10-14H,1-7,9H2,(H,22,25). The van der Waals surface area contributed by atoms with Crippen molar-refractivity contribution >= 4 is 11.7 Å². The Morgan fingerprint density at radius 2 is 1.92 bits per heavy atom. The fourth-order valence-electron chi connectivity index (χ4n) is 3.75. The van der Waals surface area contributed by atoms with Gasteiger partial charge >= 0.3 is 0 Å². The maximum absolute atomic E-state index is 12.6. The summed E-state index contributed by atoms with van der Waals surface area (Å²) in [5.41, 5.74) is 0. The molecule has 2 aliphatic rings. The largest absolute Gasteiger partial charge is 0.356 e. The lowest BCUT2D eigenvalue weighted by atomic mass is 9.96. The van der Waals surface area contributed by atoms with Crippen LogP contribution in [0.2, 0.25) is 0 Å². The van der Waals surface area contributed by atoms with E-state index >= 15 is 0 Å². The topological polar surface area (TPSA) is 88.8 Å². The van der Waals surface area contributed by atoms with Gasteiger partial charge in [0.2, 0.25) is 5.91 Å². The van der Waals surface area contributed by atoms with E-state index in [9.17, 15) is 4.79 Å². The zero-order valence-corrected chi connectivity index (χ0v) is 14.2. The summed E-state index contributed by atoms with van der Waals surface area (Å²) in [7, 11) is 0. The van der Waals surface area contributed by atoms with E-state index in [2.05, 4.69) is 30.3 Å². The molecule has 2 fully saturated rings. The molecule has 0 spiro atoms. The fourth-order valence-corrected chi connectivity index (χ4v) is 3.75. The molecule has 1 aliphatic heterocycles. The van der Waals surface area contributed by atoms with Crippen LogP contribution in [0.25, 0.3) is 5.82 Å². The normalized spacial score (nSPS) is 21.4. The summed E-state index contributed by atoms with van der Waals surface area (Å²) in [5, 5.41) is 7.34. The molecule has 1 saturated heterocycles. The first kappa shape index (κ1) is 16.0. The number of anilines is 1. The fraction of sp³-hybridized carbons (Fsp3) is 0.588. The lowest BCUT2D eigenvalue weighted by Gasteiger charge is -2.33. The Morgan fingerprint density at radius 1 is 1.08 bits per heavy atom. The van der Waals surface area contributed by atoms with Gasteiger partial charge in [0.15, 0.2) is 5.82 Å². The van der Waals surface area contributed by atoms with Gasteiger partial charge in [-0.2, -0.15) is 5.10 Å². The highest BCUT2D eigenvalue weighted by molar-refractivity contribution is 5.79. The number of piperidine rings is 1. The number of nitrogens with zero attached hydrogens (tertiary/aromatic N) is 6. The first-order valence-electron chi connectivity index (χ1n) is 9.02. The Morgan fingerprint density at radius 3 is 2.72 bits per heavy atom. The van der Waals surface area contributed by atoms with E-state index in [1.807, 2.05) is 6.07 Å². The number of aromatic nitrogens is 5. The number of amides is 1. The molecule has 2 aromatic heterocycles. The molecule has 1 atom stereocenters. The Labute approximate surface area is 146 Å². The molecule has 0 aromatic carbocycles. The Bertz CT molecular complexity index is 712. The van der Waals surface area contributed by atoms with Crippen LogP contribution in [0.15, 0.2) is 25.0 Å². The van der Waals surface area contributed by atoms with Crippen LogP contribution in [0.4, 0.5) is 5.82 Å². The summed E-state index contributed by atoms with van der Waals surface area (Å²) in [6.45, 7) is 1.60. The first-order valence-corrected chi connectivity index (χ1v) is 9.02. The molecule has 8 heteroatoms. The predicted octanol–water partition coefficient (Wildman–Crippen LogP) is 1.33. The first-order chi connectivity index (χ1) is 12.3. The summed E-state index contributed by atoms with van der Waals surface area (Å²) in [6, 6.07) is 2.27. The van der Waals surface area contributed by atoms with Crippen molar-refractivity contribution in [2.75, 3.05) is 18.0 Å². The summed E-state index contributed by atoms with van der Waals surface area (Å²) >= 11 is 0. The smallest absolute Gasteiger partial charge is 0.225 e. The summed E-state index contributed by atoms with van der Waals surface area (Å²) in [5.74, 6) is 1.74. The van der Waals surface area contributed by atoms with Gasteiger partial charge in [-0.3, -0.25) is 4.79 Å². The van der Waals surface area contributed by atoms with E-state index < -0.39 is 0 Å². The van der Waals surface area contributed by atoms with Crippen molar-refractivity contribution in [2.45, 2.75) is 44.6 Å². The molecular weight excluding hydrogens is 318 g/mol. The SMILES string of the molecule is O=C(NC1CCCC1)C1CCCN(c2cc(-n3cncn3)ncn2)C1. The number of rotatable bonds is 4. The molecule has 0 radical (unpaired) electrons. The van der Waals surface area contributed by atoms with Crippen molar-refractivity contribution in [3.63, 3.8) is 0 Å². The van der Waals surface area contributed by atoms with Crippen LogP contribution in [-0.2, 0) is 4.79 Å². The number of hydrogen-bond acceptors (Lipinski definition) is 6. The average Bonchev–Trinajstić information content (AvgIpc) is 3.36. The van der Waals surface area contributed by atoms with Crippen molar-refractivity contribution in [3.05, 3.63) is 25.0 Å². The molecule has 3 heterocycles. The van der Waals surface area contributed by atoms with Crippen LogP contribution in [0.3, 0.4) is 0 Å². The van der Waals surface area contributed by atoms with Crippen LogP contribution in [-0.4, -0.2) is 49.8 Å². The minimum Gasteiger partial charge on any atom is -0.356 e. The Kier molecular flexibility index (Phi) is 4.58. The Hall–Kier alpha value is -2.51. The van der Waals surface area contributed by atoms with Crippen LogP contribution in [0, 0.1) is 5.92 Å². The highest BCUT2D eigenvalue weighted by atomic mass is 16.2. The molecule has 1 amide bonds. The lowest BCUT2D eigenvalue weighted by Crippen LogP contribution is -2.45. The highest BCUT2D eigenvalue weighted by Crippen LogP contribution is 2.24. The van der Waals surface area contributed by atoms with E-state index in [1.54, 1.807) is 11.0 Å². The van der Waals surface area contributed by atoms with Crippen molar-refractivity contribution in [2.24, 2.45) is 5.92 Å². The maximum Gasteiger partial charge on any atom is 0.225 e. The van der Waals surface area contributed by atoms with Gasteiger partial charge in [-0.1, -0.05) is 12.8 Å². The Balaban J connectivity index is 1.44. The molecule has 1 saturated carbocycles. The van der Waals surface area contributed by atoms with E-state index in [0.29, 0.717) is 18.4 Å². The van der Waals surface area contributed by atoms with Gasteiger partial charge in [0.1, 0.15) is 24.8 Å². The van der Waals surface area contributed by atoms with E-state index in [1.165, 1.54) is 25.5 Å². The van der Waals surface area contributed by atoms with Crippen LogP contribution in [0.1, 0.15) is 38.5 Å². The third-order valence-corrected chi connectivity index (χ3v) is 5.11. The third-order valence-electron chi connectivity index (χ3n) is 5.11. The highest BCUT2D eigenvalue weighted by Gasteiger charge is 2.28. The van der Waals surface area contributed by atoms with Crippen LogP contribution >= 0.6 is 0 Å². The number of nitrogens with one attached hydrogen (secondary N) is 1. The van der Waals surface area contributed by atoms with Crippen molar-refractivity contribution in [3.8, 4) is 5.82 Å². The van der Waals surface area contributed by atoms with Gasteiger partial charge in [-0.25, -0.2) is 19.6 Å². The number of hydrogen-bond donors (Lipinski definition) is 1. The zero-order chi connectivity index (χ0) is 17.1. The molecule has 1 aliphatic carbocycles. The summed E-state index contributed by atoms with van der Waals surface area (Å²) in [4.78, 5) is 27.3. The van der Waals surface area contributed by atoms with E-state index in [0.717, 1.165) is 38.0 Å². The summed E-state index contributed by atoms with van der Waals surface area (Å²) in [6.07, 6.45) is 11.3. The minimum absolute atomic E-state index is 0.0270. The zero-order valence-electron chi connectivity index (χ0n) is 14.2. The van der Waals surface area contributed by atoms with Crippen molar-refractivity contribution < 1.29 is 4.79 Å². The van der Waals surface area contributed by atoms with E-state index in [4.69, 9.17) is 0 Å². The van der Waals surface area contributed by atoms with Gasteiger partial charge in [-0.05, 0) is 25.7 Å². The average molecular weight is 341 g/mol. The molecule has 1 N–H and O–H groups in total. The van der Waals surface area contributed by atoms with Gasteiger partial charge in [0.05, 0.1) is 5.92 Å².